The fourth-order valence-corrected chi connectivity index (χ4v) is 6.09. The highest BCUT2D eigenvalue weighted by Crippen LogP contribution is 2.43. The largest absolute Gasteiger partial charge is 0.433 e. The van der Waals surface area contributed by atoms with Crippen LogP contribution in [0.4, 0.5) is 38.0 Å². The number of alkyl halides is 6. The van der Waals surface area contributed by atoms with Gasteiger partial charge in [-0.1, -0.05) is 18.2 Å². The molecule has 0 bridgehead atoms. The number of halogens is 6. The summed E-state index contributed by atoms with van der Waals surface area (Å²) in [6.07, 6.45) is -4.97. The van der Waals surface area contributed by atoms with Gasteiger partial charge in [-0.05, 0) is 79.6 Å². The lowest BCUT2D eigenvalue weighted by atomic mass is 9.78. The van der Waals surface area contributed by atoms with Crippen molar-refractivity contribution in [3.05, 3.63) is 88.3 Å². The summed E-state index contributed by atoms with van der Waals surface area (Å²) >= 11 is 1.29. The maximum absolute atomic E-state index is 13.1. The Balaban J connectivity index is 1.20. The smallest absolute Gasteiger partial charge is 0.383 e. The van der Waals surface area contributed by atoms with Crippen LogP contribution in [-0.2, 0) is 29.3 Å². The van der Waals surface area contributed by atoms with Crippen LogP contribution in [0.1, 0.15) is 53.1 Å². The number of thiazole rings is 1. The molecule has 0 atom stereocenters. The van der Waals surface area contributed by atoms with Crippen LogP contribution in [0.15, 0.2) is 60.9 Å². The van der Waals surface area contributed by atoms with Gasteiger partial charge >= 0.3 is 12.4 Å². The average Bonchev–Trinajstić information content (AvgIpc) is 3.47. The number of aryl methyl sites for hydroxylation is 1. The Morgan fingerprint density at radius 2 is 1.70 bits per heavy atom. The Labute approximate surface area is 252 Å². The summed E-state index contributed by atoms with van der Waals surface area (Å²) in [5.41, 5.74) is -0.453. The minimum absolute atomic E-state index is 0.0980. The number of nitrogens with one attached hydrogen (secondary N) is 2. The fraction of sp³-hybridized carbons (Fsp3) is 0.333. The lowest BCUT2D eigenvalue weighted by molar-refractivity contribution is -0.141. The number of benzene rings is 2. The van der Waals surface area contributed by atoms with Crippen LogP contribution in [-0.4, -0.2) is 26.0 Å². The number of hydrogen-bond acceptors (Lipinski definition) is 7. The van der Waals surface area contributed by atoms with Crippen molar-refractivity contribution in [3.8, 4) is 10.4 Å². The quantitative estimate of drug-likeness (QED) is 0.183. The molecule has 1 aliphatic rings. The Kier molecular flexibility index (Phi) is 8.67. The van der Waals surface area contributed by atoms with Crippen LogP contribution >= 0.6 is 11.3 Å². The highest BCUT2D eigenvalue weighted by Gasteiger charge is 2.39. The van der Waals surface area contributed by atoms with E-state index in [1.54, 1.807) is 18.3 Å². The zero-order chi connectivity index (χ0) is 31.7. The molecule has 0 spiro atoms. The number of amides is 1. The first-order chi connectivity index (χ1) is 20.7. The molecule has 4 aromatic rings. The highest BCUT2D eigenvalue weighted by molar-refractivity contribution is 7.15. The van der Waals surface area contributed by atoms with E-state index in [1.165, 1.54) is 23.5 Å². The number of anilines is 2. The second-order valence-electron chi connectivity index (χ2n) is 10.7. The summed E-state index contributed by atoms with van der Waals surface area (Å²) in [6, 6.07) is 10.8. The molecule has 7 nitrogen and oxygen atoms in total. The van der Waals surface area contributed by atoms with Gasteiger partial charge < -0.3 is 15.7 Å². The molecule has 3 N–H and O–H groups in total. The van der Waals surface area contributed by atoms with Crippen molar-refractivity contribution in [3.63, 3.8) is 0 Å². The summed E-state index contributed by atoms with van der Waals surface area (Å²) in [7, 11) is 0. The van der Waals surface area contributed by atoms with Crippen molar-refractivity contribution in [1.29, 1.82) is 0 Å². The minimum atomic E-state index is -4.60. The summed E-state index contributed by atoms with van der Waals surface area (Å²) in [5, 5.41) is 17.5. The van der Waals surface area contributed by atoms with Gasteiger partial charge in [0, 0.05) is 30.5 Å². The molecule has 2 aromatic carbocycles. The predicted octanol–water partition coefficient (Wildman–Crippen LogP) is 7.38. The lowest BCUT2D eigenvalue weighted by Gasteiger charge is -2.33. The number of hydrogen-bond donors (Lipinski definition) is 3. The van der Waals surface area contributed by atoms with Crippen molar-refractivity contribution < 1.29 is 36.2 Å². The van der Waals surface area contributed by atoms with E-state index in [4.69, 9.17) is 0 Å². The Morgan fingerprint density at radius 1 is 1.00 bits per heavy atom. The van der Waals surface area contributed by atoms with Crippen LogP contribution in [0.25, 0.3) is 10.4 Å². The van der Waals surface area contributed by atoms with Crippen molar-refractivity contribution in [2.45, 2.75) is 57.1 Å². The van der Waals surface area contributed by atoms with Crippen molar-refractivity contribution >= 4 is 28.9 Å². The minimum Gasteiger partial charge on any atom is -0.383 e. The maximum atomic E-state index is 13.1. The van der Waals surface area contributed by atoms with Crippen LogP contribution in [0.3, 0.4) is 0 Å². The second-order valence-corrected chi connectivity index (χ2v) is 11.8. The van der Waals surface area contributed by atoms with Gasteiger partial charge in [-0.15, -0.1) is 11.3 Å². The molecule has 44 heavy (non-hydrogen) atoms. The highest BCUT2D eigenvalue weighted by atomic mass is 32.1. The third kappa shape index (κ3) is 7.36. The van der Waals surface area contributed by atoms with Gasteiger partial charge in [0.05, 0.1) is 10.4 Å². The Hall–Kier alpha value is -4.04. The monoisotopic (exact) mass is 635 g/mol. The normalized spacial score (nSPS) is 19.0. The maximum Gasteiger partial charge on any atom is 0.433 e. The molecule has 0 unspecified atom stereocenters. The molecule has 14 heteroatoms. The number of carbonyl (C=O) groups is 1. The molecule has 5 rings (SSSR count). The first-order valence-electron chi connectivity index (χ1n) is 13.6. The second kappa shape index (κ2) is 12.2. The number of rotatable bonds is 7. The number of aliphatic hydroxyl groups is 1. The fourth-order valence-electron chi connectivity index (χ4n) is 5.04. The van der Waals surface area contributed by atoms with Gasteiger partial charge in [0.15, 0.2) is 0 Å². The van der Waals surface area contributed by atoms with Gasteiger partial charge in [0.25, 0.3) is 0 Å². The molecule has 2 aromatic heterocycles. The van der Waals surface area contributed by atoms with Crippen LogP contribution in [0, 0.1) is 12.8 Å². The molecule has 1 aliphatic carbocycles. The molecular weight excluding hydrogens is 608 g/mol. The molecule has 0 radical (unpaired) electrons. The third-order valence-electron chi connectivity index (χ3n) is 7.40. The average molecular weight is 636 g/mol. The molecule has 1 fully saturated rings. The van der Waals surface area contributed by atoms with Crippen LogP contribution in [0.5, 0.6) is 0 Å². The van der Waals surface area contributed by atoms with E-state index >= 15 is 0 Å². The molecule has 0 aliphatic heterocycles. The zero-order valence-electron chi connectivity index (χ0n) is 23.3. The van der Waals surface area contributed by atoms with Crippen molar-refractivity contribution in [2.24, 2.45) is 5.92 Å². The number of carbonyl (C=O) groups excluding carboxylic acids is 1. The van der Waals surface area contributed by atoms with Gasteiger partial charge in [-0.2, -0.15) is 26.3 Å². The van der Waals surface area contributed by atoms with E-state index in [0.717, 1.165) is 40.4 Å². The van der Waals surface area contributed by atoms with Crippen LogP contribution in [0.2, 0.25) is 0 Å². The molecule has 2 heterocycles. The molecule has 1 amide bonds. The summed E-state index contributed by atoms with van der Waals surface area (Å²) in [6.45, 7) is 1.93. The van der Waals surface area contributed by atoms with E-state index in [9.17, 15) is 36.2 Å². The third-order valence-corrected chi connectivity index (χ3v) is 8.64. The van der Waals surface area contributed by atoms with Gasteiger partial charge in [0.1, 0.15) is 16.3 Å². The number of aromatic nitrogens is 3. The predicted molar refractivity (Wildman–Crippen MR) is 152 cm³/mol. The topological polar surface area (TPSA) is 100 Å². The van der Waals surface area contributed by atoms with Crippen LogP contribution < -0.4 is 10.6 Å². The van der Waals surface area contributed by atoms with E-state index in [2.05, 4.69) is 25.6 Å². The van der Waals surface area contributed by atoms with E-state index in [-0.39, 0.29) is 24.3 Å². The lowest BCUT2D eigenvalue weighted by Crippen LogP contribution is -2.38. The van der Waals surface area contributed by atoms with Crippen molar-refractivity contribution in [2.75, 3.05) is 5.32 Å². The molecule has 0 saturated heterocycles. The van der Waals surface area contributed by atoms with Gasteiger partial charge in [-0.25, -0.2) is 15.0 Å². The number of nitrogens with zero attached hydrogens (tertiary/aromatic N) is 3. The van der Waals surface area contributed by atoms with E-state index in [1.807, 2.05) is 13.0 Å². The Bertz CT molecular complexity index is 1630. The SMILES string of the molecule is Cc1cc(Nc2nccc(C(F)(F)F)n2)cc(-c2cnc(C3(O)CCC(C(=O)NCc4ccc(C(F)(F)F)cc4)CC3)s2)c1. The molecule has 232 valence electrons. The first kappa shape index (κ1) is 31.4. The first-order valence-corrected chi connectivity index (χ1v) is 14.4. The molecule has 1 saturated carbocycles. The Morgan fingerprint density at radius 3 is 2.36 bits per heavy atom. The zero-order valence-corrected chi connectivity index (χ0v) is 24.1. The van der Waals surface area contributed by atoms with Crippen molar-refractivity contribution in [1.82, 2.24) is 20.3 Å². The molecular formula is C30H27F6N5O2S. The van der Waals surface area contributed by atoms with Gasteiger partial charge in [-0.3, -0.25) is 4.79 Å². The van der Waals surface area contributed by atoms with Gasteiger partial charge in [0.2, 0.25) is 11.9 Å². The standard InChI is InChI=1S/C30H27F6N5O2S/c1-17-12-20(14-22(13-17)40-27-37-11-8-24(41-27)30(34,35)36)23-16-39-26(44-23)28(43)9-6-19(7-10-28)25(42)38-15-18-2-4-21(5-3-18)29(31,32)33/h2-5,8,11-14,16,19,43H,6-7,9-10,15H2,1H3,(H,38,42)(H,37,40,41). The van der Waals surface area contributed by atoms with E-state index in [0.29, 0.717) is 41.9 Å². The summed E-state index contributed by atoms with van der Waals surface area (Å²) in [5.74, 6) is -0.778. The summed E-state index contributed by atoms with van der Waals surface area (Å²) < 4.78 is 77.5. The van der Waals surface area contributed by atoms with E-state index < -0.39 is 29.2 Å². The summed E-state index contributed by atoms with van der Waals surface area (Å²) in [4.78, 5) is 25.4.